The predicted molar refractivity (Wildman–Crippen MR) is 95.1 cm³/mol. The molecule has 24 heavy (non-hydrogen) atoms. The summed E-state index contributed by atoms with van der Waals surface area (Å²) in [4.78, 5) is 27.0. The standard InChI is InChI=1S/C20H28N2O2/c1-14-3-4-15(2)18(11-14)19(23)5-6-20(24)22-9-7-16-12-21-13-17(16)8-10-22/h3-4,11,16-17,21H,5-10,12-13H2,1-2H3/t16-,17+. The minimum Gasteiger partial charge on any atom is -0.343 e. The van der Waals surface area contributed by atoms with E-state index in [-0.39, 0.29) is 11.7 Å². The van der Waals surface area contributed by atoms with E-state index in [0.717, 1.165) is 67.5 Å². The van der Waals surface area contributed by atoms with Gasteiger partial charge in [0.1, 0.15) is 0 Å². The number of benzene rings is 1. The molecule has 0 aliphatic carbocycles. The Hall–Kier alpha value is -1.68. The monoisotopic (exact) mass is 328 g/mol. The lowest BCUT2D eigenvalue weighted by molar-refractivity contribution is -0.131. The van der Waals surface area contributed by atoms with Gasteiger partial charge in [0.05, 0.1) is 0 Å². The van der Waals surface area contributed by atoms with Gasteiger partial charge in [0.15, 0.2) is 5.78 Å². The van der Waals surface area contributed by atoms with Crippen LogP contribution in [0.25, 0.3) is 0 Å². The van der Waals surface area contributed by atoms with E-state index in [1.165, 1.54) is 0 Å². The summed E-state index contributed by atoms with van der Waals surface area (Å²) in [5.41, 5.74) is 2.84. The highest BCUT2D eigenvalue weighted by atomic mass is 16.2. The van der Waals surface area contributed by atoms with E-state index in [1.807, 2.05) is 36.9 Å². The maximum Gasteiger partial charge on any atom is 0.223 e. The fraction of sp³-hybridized carbons (Fsp3) is 0.600. The van der Waals surface area contributed by atoms with Gasteiger partial charge in [0, 0.05) is 31.5 Å². The van der Waals surface area contributed by atoms with Crippen LogP contribution in [0.4, 0.5) is 0 Å². The molecule has 2 saturated heterocycles. The molecule has 0 saturated carbocycles. The summed E-state index contributed by atoms with van der Waals surface area (Å²) in [7, 11) is 0. The van der Waals surface area contributed by atoms with Crippen LogP contribution < -0.4 is 5.32 Å². The first-order chi connectivity index (χ1) is 11.5. The maximum atomic E-state index is 12.5. The third kappa shape index (κ3) is 3.86. The average Bonchev–Trinajstić information content (AvgIpc) is 2.93. The van der Waals surface area contributed by atoms with Crippen molar-refractivity contribution in [2.75, 3.05) is 26.2 Å². The lowest BCUT2D eigenvalue weighted by Gasteiger charge is -2.21. The van der Waals surface area contributed by atoms with Gasteiger partial charge < -0.3 is 10.2 Å². The number of fused-ring (bicyclic) bond motifs is 1. The van der Waals surface area contributed by atoms with E-state index in [4.69, 9.17) is 0 Å². The summed E-state index contributed by atoms with van der Waals surface area (Å²) >= 11 is 0. The van der Waals surface area contributed by atoms with Gasteiger partial charge in [-0.3, -0.25) is 9.59 Å². The first kappa shape index (κ1) is 17.2. The van der Waals surface area contributed by atoms with Crippen LogP contribution in [0.15, 0.2) is 18.2 Å². The molecule has 4 heteroatoms. The molecule has 0 aromatic heterocycles. The van der Waals surface area contributed by atoms with Crippen LogP contribution in [-0.4, -0.2) is 42.8 Å². The predicted octanol–water partition coefficient (Wildman–Crippen LogP) is 2.72. The van der Waals surface area contributed by atoms with Crippen molar-refractivity contribution in [3.8, 4) is 0 Å². The van der Waals surface area contributed by atoms with Gasteiger partial charge in [-0.25, -0.2) is 0 Å². The van der Waals surface area contributed by atoms with Crippen LogP contribution in [0.5, 0.6) is 0 Å². The highest BCUT2D eigenvalue weighted by molar-refractivity contribution is 5.99. The molecule has 0 unspecified atom stereocenters. The summed E-state index contributed by atoms with van der Waals surface area (Å²) < 4.78 is 0. The normalized spacial score (nSPS) is 23.7. The van der Waals surface area contributed by atoms with Crippen LogP contribution in [0.1, 0.15) is 47.2 Å². The lowest BCUT2D eigenvalue weighted by atomic mass is 9.92. The van der Waals surface area contributed by atoms with Gasteiger partial charge in [0.2, 0.25) is 5.91 Å². The second-order valence-corrected chi connectivity index (χ2v) is 7.38. The Morgan fingerprint density at radius 1 is 1.08 bits per heavy atom. The topological polar surface area (TPSA) is 49.4 Å². The third-order valence-electron chi connectivity index (χ3n) is 5.63. The Morgan fingerprint density at radius 3 is 2.42 bits per heavy atom. The average molecular weight is 328 g/mol. The van der Waals surface area contributed by atoms with E-state index >= 15 is 0 Å². The number of amides is 1. The van der Waals surface area contributed by atoms with E-state index in [9.17, 15) is 9.59 Å². The van der Waals surface area contributed by atoms with Crippen molar-refractivity contribution in [1.29, 1.82) is 0 Å². The molecule has 1 aromatic carbocycles. The minimum absolute atomic E-state index is 0.0837. The molecule has 2 aliphatic heterocycles. The number of ketones is 1. The highest BCUT2D eigenvalue weighted by Crippen LogP contribution is 2.27. The Morgan fingerprint density at radius 2 is 1.75 bits per heavy atom. The Labute approximate surface area is 144 Å². The first-order valence-corrected chi connectivity index (χ1v) is 9.13. The van der Waals surface area contributed by atoms with Crippen molar-refractivity contribution in [2.24, 2.45) is 11.8 Å². The number of carbonyl (C=O) groups excluding carboxylic acids is 2. The zero-order chi connectivity index (χ0) is 17.1. The second-order valence-electron chi connectivity index (χ2n) is 7.38. The smallest absolute Gasteiger partial charge is 0.223 e. The molecular formula is C20H28N2O2. The number of carbonyl (C=O) groups is 2. The number of hydrogen-bond donors (Lipinski definition) is 1. The van der Waals surface area contributed by atoms with Crippen molar-refractivity contribution in [3.63, 3.8) is 0 Å². The largest absolute Gasteiger partial charge is 0.343 e. The van der Waals surface area contributed by atoms with Gasteiger partial charge in [-0.2, -0.15) is 0 Å². The second kappa shape index (κ2) is 7.47. The molecule has 3 rings (SSSR count). The number of hydrogen-bond acceptors (Lipinski definition) is 3. The molecule has 130 valence electrons. The molecule has 2 atom stereocenters. The molecule has 2 fully saturated rings. The maximum absolute atomic E-state index is 12.5. The molecule has 0 spiro atoms. The van der Waals surface area contributed by atoms with Gasteiger partial charge in [0.25, 0.3) is 0 Å². The summed E-state index contributed by atoms with van der Waals surface area (Å²) in [5, 5.41) is 3.46. The van der Waals surface area contributed by atoms with E-state index in [1.54, 1.807) is 0 Å². The zero-order valence-electron chi connectivity index (χ0n) is 14.8. The van der Waals surface area contributed by atoms with Crippen LogP contribution in [0, 0.1) is 25.7 Å². The summed E-state index contributed by atoms with van der Waals surface area (Å²) in [6.45, 7) is 7.83. The zero-order valence-corrected chi connectivity index (χ0v) is 14.8. The van der Waals surface area contributed by atoms with Crippen molar-refractivity contribution in [3.05, 3.63) is 34.9 Å². The molecule has 0 bridgehead atoms. The van der Waals surface area contributed by atoms with Crippen molar-refractivity contribution >= 4 is 11.7 Å². The fourth-order valence-electron chi connectivity index (χ4n) is 4.02. The number of nitrogens with zero attached hydrogens (tertiary/aromatic N) is 1. The van der Waals surface area contributed by atoms with Crippen LogP contribution >= 0.6 is 0 Å². The van der Waals surface area contributed by atoms with Crippen molar-refractivity contribution in [2.45, 2.75) is 39.5 Å². The number of rotatable bonds is 4. The highest BCUT2D eigenvalue weighted by Gasteiger charge is 2.31. The van der Waals surface area contributed by atoms with Gasteiger partial charge in [-0.15, -0.1) is 0 Å². The fourth-order valence-corrected chi connectivity index (χ4v) is 4.02. The Kier molecular flexibility index (Phi) is 5.34. The molecule has 1 aromatic rings. The molecule has 4 nitrogen and oxygen atoms in total. The first-order valence-electron chi connectivity index (χ1n) is 9.13. The Balaban J connectivity index is 1.53. The molecular weight excluding hydrogens is 300 g/mol. The molecule has 1 amide bonds. The number of likely N-dealkylation sites (tertiary alicyclic amines) is 1. The van der Waals surface area contributed by atoms with Crippen molar-refractivity contribution < 1.29 is 9.59 Å². The third-order valence-corrected chi connectivity index (χ3v) is 5.63. The van der Waals surface area contributed by atoms with Crippen LogP contribution in [0.2, 0.25) is 0 Å². The van der Waals surface area contributed by atoms with Crippen LogP contribution in [-0.2, 0) is 4.79 Å². The summed E-state index contributed by atoms with van der Waals surface area (Å²) in [6, 6.07) is 5.93. The molecule has 2 heterocycles. The quantitative estimate of drug-likeness (QED) is 0.865. The Bertz CT molecular complexity index is 612. The summed E-state index contributed by atoms with van der Waals surface area (Å²) in [5.74, 6) is 1.67. The molecule has 1 N–H and O–H groups in total. The van der Waals surface area contributed by atoms with Crippen molar-refractivity contribution in [1.82, 2.24) is 10.2 Å². The van der Waals surface area contributed by atoms with E-state index in [0.29, 0.717) is 12.8 Å². The molecule has 0 radical (unpaired) electrons. The number of Topliss-reactive ketones (excluding diaryl/α,β-unsaturated/α-hetero) is 1. The SMILES string of the molecule is Cc1ccc(C)c(C(=O)CCC(=O)N2CC[C@@H]3CNC[C@@H]3CC2)c1. The molecule has 2 aliphatic rings. The van der Waals surface area contributed by atoms with E-state index in [2.05, 4.69) is 5.32 Å². The number of aryl methyl sites for hydroxylation is 2. The van der Waals surface area contributed by atoms with Gasteiger partial charge >= 0.3 is 0 Å². The lowest BCUT2D eigenvalue weighted by Crippen LogP contribution is -2.33. The summed E-state index contributed by atoms with van der Waals surface area (Å²) in [6.07, 6.45) is 2.83. The van der Waals surface area contributed by atoms with Crippen LogP contribution in [0.3, 0.4) is 0 Å². The van der Waals surface area contributed by atoms with E-state index < -0.39 is 0 Å². The minimum atomic E-state index is 0.0837. The number of nitrogens with one attached hydrogen (secondary N) is 1. The van der Waals surface area contributed by atoms with Gasteiger partial charge in [-0.05, 0) is 63.2 Å². The van der Waals surface area contributed by atoms with Gasteiger partial charge in [-0.1, -0.05) is 17.7 Å².